The number of fused-ring (bicyclic) bond motifs is 1. The predicted molar refractivity (Wildman–Crippen MR) is 94.1 cm³/mol. The van der Waals surface area contributed by atoms with Crippen LogP contribution in [0.4, 0.5) is 10.2 Å². The highest BCUT2D eigenvalue weighted by molar-refractivity contribution is 7.15. The summed E-state index contributed by atoms with van der Waals surface area (Å²) in [5.41, 5.74) is 1.37. The van der Waals surface area contributed by atoms with Crippen LogP contribution in [0.5, 0.6) is 0 Å². The molecule has 4 rings (SSSR count). The second-order valence-electron chi connectivity index (χ2n) is 5.50. The molecule has 7 heteroatoms. The van der Waals surface area contributed by atoms with Crippen molar-refractivity contribution in [1.29, 1.82) is 0 Å². The number of rotatable bonds is 5. The number of anilines is 1. The summed E-state index contributed by atoms with van der Waals surface area (Å²) in [7, 11) is 0. The molecular weight excluding hydrogens is 341 g/mol. The van der Waals surface area contributed by atoms with Crippen molar-refractivity contribution in [2.45, 2.75) is 12.8 Å². The zero-order chi connectivity index (χ0) is 17.2. The number of nitrogens with one attached hydrogen (secondary N) is 1. The lowest BCUT2D eigenvalue weighted by Gasteiger charge is -2.07. The van der Waals surface area contributed by atoms with Gasteiger partial charge in [-0.25, -0.2) is 9.37 Å². The molecule has 0 aliphatic carbocycles. The maximum absolute atomic E-state index is 13.2. The number of imidazole rings is 1. The minimum Gasteiger partial charge on any atom is -0.469 e. The average Bonchev–Trinajstić information content (AvgIpc) is 3.32. The van der Waals surface area contributed by atoms with E-state index in [-0.39, 0.29) is 11.7 Å². The van der Waals surface area contributed by atoms with Gasteiger partial charge in [0.05, 0.1) is 6.26 Å². The summed E-state index contributed by atoms with van der Waals surface area (Å²) in [6, 6.07) is 9.70. The molecule has 0 radical (unpaired) electrons. The number of amides is 1. The van der Waals surface area contributed by atoms with E-state index in [1.165, 1.54) is 23.5 Å². The summed E-state index contributed by atoms with van der Waals surface area (Å²) in [5.74, 6) is 0.914. The number of furan rings is 1. The highest BCUT2D eigenvalue weighted by atomic mass is 32.1. The monoisotopic (exact) mass is 355 g/mol. The second kappa shape index (κ2) is 6.52. The minimum atomic E-state index is -0.311. The Morgan fingerprint density at radius 1 is 1.28 bits per heavy atom. The standard InChI is InChI=1S/C18H14FN3O2S/c19-13-5-3-12(4-6-13)16-17(22-9-11-25-18(22)21-16)20-15(23)8-7-14-2-1-10-24-14/h1-6,9-11H,7-8H2,(H,20,23). The minimum absolute atomic E-state index is 0.132. The molecule has 25 heavy (non-hydrogen) atoms. The van der Waals surface area contributed by atoms with Crippen molar-refractivity contribution in [2.75, 3.05) is 5.32 Å². The first-order valence-electron chi connectivity index (χ1n) is 7.74. The lowest BCUT2D eigenvalue weighted by molar-refractivity contribution is -0.116. The maximum atomic E-state index is 13.2. The fraction of sp³-hybridized carbons (Fsp3) is 0.111. The summed E-state index contributed by atoms with van der Waals surface area (Å²) in [6.07, 6.45) is 4.26. The summed E-state index contributed by atoms with van der Waals surface area (Å²) in [5, 5.41) is 4.83. The molecule has 0 saturated heterocycles. The van der Waals surface area contributed by atoms with Gasteiger partial charge in [0.2, 0.25) is 5.91 Å². The summed E-state index contributed by atoms with van der Waals surface area (Å²) in [4.78, 5) is 17.7. The third-order valence-corrected chi connectivity index (χ3v) is 4.57. The fourth-order valence-electron chi connectivity index (χ4n) is 2.60. The highest BCUT2D eigenvalue weighted by Gasteiger charge is 2.17. The normalized spacial score (nSPS) is 11.1. The first-order valence-corrected chi connectivity index (χ1v) is 8.62. The van der Waals surface area contributed by atoms with E-state index in [1.807, 2.05) is 22.0 Å². The topological polar surface area (TPSA) is 59.5 Å². The van der Waals surface area contributed by atoms with Crippen LogP contribution in [0.25, 0.3) is 16.2 Å². The van der Waals surface area contributed by atoms with Crippen molar-refractivity contribution < 1.29 is 13.6 Å². The molecule has 4 aromatic rings. The van der Waals surface area contributed by atoms with E-state index in [0.29, 0.717) is 24.4 Å². The Labute approximate surface area is 146 Å². The molecule has 126 valence electrons. The van der Waals surface area contributed by atoms with Crippen molar-refractivity contribution in [2.24, 2.45) is 0 Å². The molecule has 1 N–H and O–H groups in total. The first kappa shape index (κ1) is 15.6. The zero-order valence-electron chi connectivity index (χ0n) is 13.1. The molecule has 0 unspecified atom stereocenters. The van der Waals surface area contributed by atoms with Crippen LogP contribution in [-0.2, 0) is 11.2 Å². The van der Waals surface area contributed by atoms with Crippen LogP contribution in [0.1, 0.15) is 12.2 Å². The van der Waals surface area contributed by atoms with Crippen LogP contribution in [0.15, 0.2) is 58.7 Å². The van der Waals surface area contributed by atoms with Gasteiger partial charge in [0.1, 0.15) is 23.1 Å². The van der Waals surface area contributed by atoms with Crippen molar-refractivity contribution in [1.82, 2.24) is 9.38 Å². The van der Waals surface area contributed by atoms with Gasteiger partial charge < -0.3 is 9.73 Å². The number of hydrogen-bond donors (Lipinski definition) is 1. The third-order valence-electron chi connectivity index (χ3n) is 3.82. The molecular formula is C18H14FN3O2S. The molecule has 0 atom stereocenters. The molecule has 1 aromatic carbocycles. The zero-order valence-corrected chi connectivity index (χ0v) is 13.9. The molecule has 3 aromatic heterocycles. The SMILES string of the molecule is O=C(CCc1ccco1)Nc1c(-c2ccc(F)cc2)nc2sccn12. The Hall–Kier alpha value is -2.93. The average molecular weight is 355 g/mol. The van der Waals surface area contributed by atoms with E-state index in [2.05, 4.69) is 10.3 Å². The highest BCUT2D eigenvalue weighted by Crippen LogP contribution is 2.31. The number of hydrogen-bond acceptors (Lipinski definition) is 4. The smallest absolute Gasteiger partial charge is 0.225 e. The fourth-order valence-corrected chi connectivity index (χ4v) is 3.31. The third kappa shape index (κ3) is 3.18. The van der Waals surface area contributed by atoms with Gasteiger partial charge in [-0.05, 0) is 36.4 Å². The summed E-state index contributed by atoms with van der Waals surface area (Å²) >= 11 is 1.47. The van der Waals surface area contributed by atoms with E-state index < -0.39 is 0 Å². The second-order valence-corrected chi connectivity index (χ2v) is 6.37. The number of carbonyl (C=O) groups is 1. The van der Waals surface area contributed by atoms with Gasteiger partial charge in [0, 0.05) is 30.0 Å². The van der Waals surface area contributed by atoms with E-state index in [1.54, 1.807) is 24.5 Å². The molecule has 5 nitrogen and oxygen atoms in total. The van der Waals surface area contributed by atoms with Gasteiger partial charge in [0.15, 0.2) is 4.96 Å². The van der Waals surface area contributed by atoms with Crippen molar-refractivity contribution in [3.05, 3.63) is 65.8 Å². The van der Waals surface area contributed by atoms with Crippen molar-refractivity contribution >= 4 is 28.0 Å². The maximum Gasteiger partial charge on any atom is 0.225 e. The summed E-state index contributed by atoms with van der Waals surface area (Å²) in [6.45, 7) is 0. The lowest BCUT2D eigenvalue weighted by atomic mass is 10.1. The van der Waals surface area contributed by atoms with Gasteiger partial charge in [-0.15, -0.1) is 11.3 Å². The Balaban J connectivity index is 1.61. The number of nitrogens with zero attached hydrogens (tertiary/aromatic N) is 2. The molecule has 0 aliphatic rings. The van der Waals surface area contributed by atoms with Gasteiger partial charge in [0.25, 0.3) is 0 Å². The molecule has 1 amide bonds. The molecule has 0 fully saturated rings. The molecule has 0 spiro atoms. The van der Waals surface area contributed by atoms with Crippen LogP contribution in [0.3, 0.4) is 0 Å². The Bertz CT molecular complexity index is 1000. The van der Waals surface area contributed by atoms with Crippen LogP contribution in [0.2, 0.25) is 0 Å². The molecule has 3 heterocycles. The van der Waals surface area contributed by atoms with E-state index in [0.717, 1.165) is 16.3 Å². The first-order chi connectivity index (χ1) is 12.2. The van der Waals surface area contributed by atoms with Crippen LogP contribution in [0, 0.1) is 5.82 Å². The van der Waals surface area contributed by atoms with Gasteiger partial charge in [-0.2, -0.15) is 0 Å². The van der Waals surface area contributed by atoms with E-state index in [9.17, 15) is 9.18 Å². The predicted octanol–water partition coefficient (Wildman–Crippen LogP) is 4.37. The molecule has 0 aliphatic heterocycles. The van der Waals surface area contributed by atoms with Crippen molar-refractivity contribution in [3.63, 3.8) is 0 Å². The van der Waals surface area contributed by atoms with E-state index in [4.69, 9.17) is 4.42 Å². The van der Waals surface area contributed by atoms with Crippen molar-refractivity contribution in [3.8, 4) is 11.3 Å². The Morgan fingerprint density at radius 2 is 2.12 bits per heavy atom. The van der Waals surface area contributed by atoms with Crippen LogP contribution >= 0.6 is 11.3 Å². The quantitative estimate of drug-likeness (QED) is 0.578. The number of benzene rings is 1. The molecule has 0 saturated carbocycles. The number of halogens is 1. The van der Waals surface area contributed by atoms with Gasteiger partial charge in [-0.1, -0.05) is 0 Å². The van der Waals surface area contributed by atoms with Crippen LogP contribution in [-0.4, -0.2) is 15.3 Å². The Kier molecular flexibility index (Phi) is 4.07. The number of aromatic nitrogens is 2. The Morgan fingerprint density at radius 3 is 2.88 bits per heavy atom. The number of thiazole rings is 1. The largest absolute Gasteiger partial charge is 0.469 e. The molecule has 0 bridgehead atoms. The van der Waals surface area contributed by atoms with Gasteiger partial charge >= 0.3 is 0 Å². The lowest BCUT2D eigenvalue weighted by Crippen LogP contribution is -2.14. The van der Waals surface area contributed by atoms with Gasteiger partial charge in [-0.3, -0.25) is 9.20 Å². The number of aryl methyl sites for hydroxylation is 1. The van der Waals surface area contributed by atoms with Crippen LogP contribution < -0.4 is 5.32 Å². The number of carbonyl (C=O) groups excluding carboxylic acids is 1. The van der Waals surface area contributed by atoms with E-state index >= 15 is 0 Å². The summed E-state index contributed by atoms with van der Waals surface area (Å²) < 4.78 is 20.3.